The van der Waals surface area contributed by atoms with Crippen molar-refractivity contribution in [2.24, 2.45) is 0 Å². The Hall–Kier alpha value is -1.47. The van der Waals surface area contributed by atoms with E-state index in [-0.39, 0.29) is 6.10 Å². The second kappa shape index (κ2) is 4.80. The molecule has 17 heavy (non-hydrogen) atoms. The molecule has 0 aliphatic carbocycles. The highest BCUT2D eigenvalue weighted by Gasteiger charge is 2.27. The Bertz CT molecular complexity index is 463. The van der Waals surface area contributed by atoms with Crippen molar-refractivity contribution in [1.82, 2.24) is 9.55 Å². The molecule has 2 rings (SSSR count). The molecule has 7 heteroatoms. The second-order valence-electron chi connectivity index (χ2n) is 3.91. The van der Waals surface area contributed by atoms with Gasteiger partial charge < -0.3 is 15.2 Å². The SMILES string of the molecule is COC[C@H]1CC[C@@H](n2cc(F)c(N)nc2=O)O1. The van der Waals surface area contributed by atoms with E-state index in [4.69, 9.17) is 15.2 Å². The predicted octanol–water partition coefficient (Wildman–Crippen LogP) is 0.289. The van der Waals surface area contributed by atoms with Crippen molar-refractivity contribution < 1.29 is 13.9 Å². The summed E-state index contributed by atoms with van der Waals surface area (Å²) in [6.07, 6.45) is 1.85. The summed E-state index contributed by atoms with van der Waals surface area (Å²) in [4.78, 5) is 14.9. The topological polar surface area (TPSA) is 79.4 Å². The summed E-state index contributed by atoms with van der Waals surface area (Å²) in [5, 5.41) is 0. The third-order valence-corrected chi connectivity index (χ3v) is 2.68. The number of halogens is 1. The van der Waals surface area contributed by atoms with E-state index in [0.717, 1.165) is 17.2 Å². The minimum atomic E-state index is -0.719. The van der Waals surface area contributed by atoms with Crippen LogP contribution in [0.25, 0.3) is 0 Å². The summed E-state index contributed by atoms with van der Waals surface area (Å²) in [7, 11) is 1.58. The zero-order chi connectivity index (χ0) is 12.4. The van der Waals surface area contributed by atoms with Crippen LogP contribution in [0.2, 0.25) is 0 Å². The van der Waals surface area contributed by atoms with Gasteiger partial charge in [-0.05, 0) is 12.8 Å². The molecule has 1 fully saturated rings. The lowest BCUT2D eigenvalue weighted by Crippen LogP contribution is -2.29. The molecule has 1 aromatic rings. The van der Waals surface area contributed by atoms with Gasteiger partial charge in [-0.1, -0.05) is 0 Å². The number of ether oxygens (including phenoxy) is 2. The number of aromatic nitrogens is 2. The van der Waals surface area contributed by atoms with Crippen LogP contribution in [0.5, 0.6) is 0 Å². The molecule has 0 amide bonds. The van der Waals surface area contributed by atoms with Crippen molar-refractivity contribution in [3.05, 3.63) is 22.5 Å². The van der Waals surface area contributed by atoms with Crippen LogP contribution in [0.3, 0.4) is 0 Å². The molecule has 1 saturated heterocycles. The first-order chi connectivity index (χ1) is 8.11. The molecule has 0 bridgehead atoms. The first kappa shape index (κ1) is 12.0. The molecule has 2 heterocycles. The molecule has 1 aliphatic heterocycles. The molecule has 0 aromatic carbocycles. The van der Waals surface area contributed by atoms with Gasteiger partial charge in [0, 0.05) is 7.11 Å². The Morgan fingerprint density at radius 1 is 1.71 bits per heavy atom. The summed E-state index contributed by atoms with van der Waals surface area (Å²) < 4.78 is 24.9. The van der Waals surface area contributed by atoms with Crippen molar-refractivity contribution in [2.75, 3.05) is 19.5 Å². The lowest BCUT2D eigenvalue weighted by Gasteiger charge is -2.15. The summed E-state index contributed by atoms with van der Waals surface area (Å²) in [5.41, 5.74) is 4.60. The van der Waals surface area contributed by atoms with Crippen molar-refractivity contribution in [1.29, 1.82) is 0 Å². The van der Waals surface area contributed by atoms with Gasteiger partial charge in [-0.15, -0.1) is 0 Å². The smallest absolute Gasteiger partial charge is 0.351 e. The molecule has 0 unspecified atom stereocenters. The summed E-state index contributed by atoms with van der Waals surface area (Å²) in [5.74, 6) is -1.11. The molecular weight excluding hydrogens is 229 g/mol. The number of anilines is 1. The minimum absolute atomic E-state index is 0.0717. The zero-order valence-electron chi connectivity index (χ0n) is 9.43. The number of nitrogens with two attached hydrogens (primary N) is 1. The van der Waals surface area contributed by atoms with Crippen LogP contribution in [0.1, 0.15) is 19.1 Å². The molecule has 2 atom stereocenters. The fourth-order valence-corrected chi connectivity index (χ4v) is 1.86. The van der Waals surface area contributed by atoms with E-state index < -0.39 is 23.6 Å². The van der Waals surface area contributed by atoms with Gasteiger partial charge in [0.2, 0.25) is 0 Å². The van der Waals surface area contributed by atoms with Gasteiger partial charge in [0.15, 0.2) is 11.6 Å². The van der Waals surface area contributed by atoms with Gasteiger partial charge in [0.1, 0.15) is 6.23 Å². The molecule has 1 aromatic heterocycles. The highest BCUT2D eigenvalue weighted by atomic mass is 19.1. The first-order valence-electron chi connectivity index (χ1n) is 5.30. The Morgan fingerprint density at radius 3 is 3.18 bits per heavy atom. The normalized spacial score (nSPS) is 24.1. The second-order valence-corrected chi connectivity index (χ2v) is 3.91. The maximum Gasteiger partial charge on any atom is 0.351 e. The third-order valence-electron chi connectivity index (χ3n) is 2.68. The van der Waals surface area contributed by atoms with Crippen molar-refractivity contribution in [2.45, 2.75) is 25.2 Å². The lowest BCUT2D eigenvalue weighted by atomic mass is 10.2. The Kier molecular flexibility index (Phi) is 3.39. The summed E-state index contributed by atoms with van der Waals surface area (Å²) in [6.45, 7) is 0.454. The number of nitrogen functional groups attached to an aromatic ring is 1. The van der Waals surface area contributed by atoms with E-state index >= 15 is 0 Å². The molecular formula is C10H14FN3O3. The van der Waals surface area contributed by atoms with E-state index in [1.54, 1.807) is 7.11 Å². The van der Waals surface area contributed by atoms with Gasteiger partial charge in [0.25, 0.3) is 0 Å². The van der Waals surface area contributed by atoms with Crippen LogP contribution in [0, 0.1) is 5.82 Å². The van der Waals surface area contributed by atoms with E-state index in [9.17, 15) is 9.18 Å². The van der Waals surface area contributed by atoms with Gasteiger partial charge in [0.05, 0.1) is 18.9 Å². The van der Waals surface area contributed by atoms with Crippen molar-refractivity contribution in [3.8, 4) is 0 Å². The Morgan fingerprint density at radius 2 is 2.47 bits per heavy atom. The summed E-state index contributed by atoms with van der Waals surface area (Å²) >= 11 is 0. The molecule has 6 nitrogen and oxygen atoms in total. The quantitative estimate of drug-likeness (QED) is 0.825. The van der Waals surface area contributed by atoms with Gasteiger partial charge in [-0.3, -0.25) is 4.57 Å². The number of rotatable bonds is 3. The first-order valence-corrected chi connectivity index (χ1v) is 5.30. The molecule has 94 valence electrons. The van der Waals surface area contributed by atoms with E-state index in [2.05, 4.69) is 4.98 Å². The standard InChI is InChI=1S/C10H14FN3O3/c1-16-5-6-2-3-8(17-6)14-4-7(11)9(12)13-10(14)15/h4,6,8H,2-3,5H2,1H3,(H2,12,13,15)/t6-,8+/m1/s1. The lowest BCUT2D eigenvalue weighted by molar-refractivity contribution is -0.0338. The highest BCUT2D eigenvalue weighted by molar-refractivity contribution is 5.26. The van der Waals surface area contributed by atoms with Crippen molar-refractivity contribution in [3.63, 3.8) is 0 Å². The van der Waals surface area contributed by atoms with Crippen LogP contribution in [-0.2, 0) is 9.47 Å². The van der Waals surface area contributed by atoms with Gasteiger partial charge in [-0.25, -0.2) is 9.18 Å². The van der Waals surface area contributed by atoms with Crippen LogP contribution >= 0.6 is 0 Å². The van der Waals surface area contributed by atoms with Gasteiger partial charge >= 0.3 is 5.69 Å². The van der Waals surface area contributed by atoms with E-state index in [1.807, 2.05) is 0 Å². The van der Waals surface area contributed by atoms with Crippen LogP contribution in [0.15, 0.2) is 11.0 Å². The molecule has 0 saturated carbocycles. The molecule has 0 radical (unpaired) electrons. The Balaban J connectivity index is 2.19. The number of nitrogens with zero attached hydrogens (tertiary/aromatic N) is 2. The van der Waals surface area contributed by atoms with Gasteiger partial charge in [-0.2, -0.15) is 4.98 Å². The van der Waals surface area contributed by atoms with Crippen molar-refractivity contribution >= 4 is 5.82 Å². The molecule has 0 spiro atoms. The van der Waals surface area contributed by atoms with E-state index in [1.165, 1.54) is 0 Å². The monoisotopic (exact) mass is 243 g/mol. The minimum Gasteiger partial charge on any atom is -0.382 e. The fraction of sp³-hybridized carbons (Fsp3) is 0.600. The maximum absolute atomic E-state index is 13.2. The number of hydrogen-bond acceptors (Lipinski definition) is 5. The summed E-state index contributed by atoms with van der Waals surface area (Å²) in [6, 6.07) is 0. The number of methoxy groups -OCH3 is 1. The van der Waals surface area contributed by atoms with Crippen LogP contribution in [-0.4, -0.2) is 29.4 Å². The third kappa shape index (κ3) is 2.45. The zero-order valence-corrected chi connectivity index (χ0v) is 9.43. The highest BCUT2D eigenvalue weighted by Crippen LogP contribution is 2.27. The Labute approximate surface area is 97.2 Å². The average molecular weight is 243 g/mol. The number of hydrogen-bond donors (Lipinski definition) is 1. The fourth-order valence-electron chi connectivity index (χ4n) is 1.86. The average Bonchev–Trinajstić information content (AvgIpc) is 2.72. The van der Waals surface area contributed by atoms with Crippen LogP contribution < -0.4 is 11.4 Å². The molecule has 1 aliphatic rings. The molecule has 2 N–H and O–H groups in total. The van der Waals surface area contributed by atoms with E-state index in [0.29, 0.717) is 13.0 Å². The predicted molar refractivity (Wildman–Crippen MR) is 57.9 cm³/mol. The maximum atomic E-state index is 13.2. The van der Waals surface area contributed by atoms with Crippen LogP contribution in [0.4, 0.5) is 10.2 Å². The largest absolute Gasteiger partial charge is 0.382 e.